The lowest BCUT2D eigenvalue weighted by molar-refractivity contribution is -0.385. The summed E-state index contributed by atoms with van der Waals surface area (Å²) in [5.41, 5.74) is 1.67. The third kappa shape index (κ3) is 3.03. The van der Waals surface area contributed by atoms with Crippen LogP contribution in [0, 0.1) is 35.3 Å². The number of aryl methyl sites for hydroxylation is 2. The van der Waals surface area contributed by atoms with Crippen molar-refractivity contribution in [1.82, 2.24) is 0 Å². The number of nitrogens with zero attached hydrogens (tertiary/aromatic N) is 2. The van der Waals surface area contributed by atoms with Crippen LogP contribution in [-0.2, 0) is 0 Å². The van der Waals surface area contributed by atoms with Crippen LogP contribution in [0.1, 0.15) is 16.7 Å². The van der Waals surface area contributed by atoms with Crippen molar-refractivity contribution in [2.75, 3.05) is 0 Å². The summed E-state index contributed by atoms with van der Waals surface area (Å²) < 4.78 is 6.31. The van der Waals surface area contributed by atoms with Gasteiger partial charge in [-0.25, -0.2) is 0 Å². The smallest absolute Gasteiger partial charge is 0.276 e. The lowest BCUT2D eigenvalue weighted by Gasteiger charge is -2.11. The molecule has 0 bridgehead atoms. The van der Waals surface area contributed by atoms with Gasteiger partial charge in [0.2, 0.25) is 0 Å². The van der Waals surface area contributed by atoms with Crippen molar-refractivity contribution in [3.05, 3.63) is 61.6 Å². The molecule has 0 aliphatic rings. The Kier molecular flexibility index (Phi) is 4.24. The Morgan fingerprint density at radius 2 is 1.95 bits per heavy atom. The quantitative estimate of drug-likeness (QED) is 0.599. The standard InChI is InChI=1S/C15H11BrN2O3/c1-9-6-10(2)15(7-13(9)18(19)20)21-14-5-3-4-12(16)11(14)8-17/h3-7H,1-2H3. The second-order valence-corrected chi connectivity index (χ2v) is 5.34. The SMILES string of the molecule is Cc1cc(C)c([N+](=O)[O-])cc1Oc1cccc(Br)c1C#N. The molecular formula is C15H11BrN2O3. The molecule has 106 valence electrons. The molecule has 0 saturated heterocycles. The largest absolute Gasteiger partial charge is 0.455 e. The van der Waals surface area contributed by atoms with Gasteiger partial charge in [-0.3, -0.25) is 10.1 Å². The van der Waals surface area contributed by atoms with Crippen LogP contribution < -0.4 is 4.74 Å². The van der Waals surface area contributed by atoms with E-state index in [-0.39, 0.29) is 5.69 Å². The molecule has 0 fully saturated rings. The van der Waals surface area contributed by atoms with Crippen LogP contribution in [-0.4, -0.2) is 4.92 Å². The Balaban J connectivity index is 2.50. The first-order valence-corrected chi connectivity index (χ1v) is 6.85. The van der Waals surface area contributed by atoms with E-state index in [4.69, 9.17) is 10.00 Å². The number of nitro benzene ring substituents is 1. The molecule has 0 saturated carbocycles. The summed E-state index contributed by atoms with van der Waals surface area (Å²) in [4.78, 5) is 10.6. The molecule has 0 atom stereocenters. The fraction of sp³-hybridized carbons (Fsp3) is 0.133. The highest BCUT2D eigenvalue weighted by atomic mass is 79.9. The van der Waals surface area contributed by atoms with Crippen molar-refractivity contribution in [1.29, 1.82) is 5.26 Å². The van der Waals surface area contributed by atoms with Gasteiger partial charge in [-0.1, -0.05) is 6.07 Å². The van der Waals surface area contributed by atoms with Crippen LogP contribution in [0.2, 0.25) is 0 Å². The molecule has 2 aromatic carbocycles. The molecular weight excluding hydrogens is 336 g/mol. The summed E-state index contributed by atoms with van der Waals surface area (Å²) in [5.74, 6) is 0.718. The average molecular weight is 347 g/mol. The Morgan fingerprint density at radius 3 is 2.57 bits per heavy atom. The minimum Gasteiger partial charge on any atom is -0.455 e. The highest BCUT2D eigenvalue weighted by molar-refractivity contribution is 9.10. The molecule has 5 nitrogen and oxygen atoms in total. The minimum atomic E-state index is -0.451. The fourth-order valence-corrected chi connectivity index (χ4v) is 2.38. The molecule has 0 amide bonds. The van der Waals surface area contributed by atoms with E-state index in [0.717, 1.165) is 5.56 Å². The number of hydrogen-bond donors (Lipinski definition) is 0. The summed E-state index contributed by atoms with van der Waals surface area (Å²) in [6.07, 6.45) is 0. The van der Waals surface area contributed by atoms with Crippen molar-refractivity contribution in [3.63, 3.8) is 0 Å². The van der Waals surface area contributed by atoms with Gasteiger partial charge in [0.25, 0.3) is 5.69 Å². The van der Waals surface area contributed by atoms with Gasteiger partial charge in [-0.15, -0.1) is 0 Å². The summed E-state index contributed by atoms with van der Waals surface area (Å²) in [6, 6.07) is 10.2. The lowest BCUT2D eigenvalue weighted by Crippen LogP contribution is -1.96. The Hall–Kier alpha value is -2.39. The first-order valence-electron chi connectivity index (χ1n) is 6.06. The van der Waals surface area contributed by atoms with E-state index in [2.05, 4.69) is 15.9 Å². The number of benzene rings is 2. The third-order valence-corrected chi connectivity index (χ3v) is 3.66. The fourth-order valence-electron chi connectivity index (χ4n) is 1.94. The van der Waals surface area contributed by atoms with Crippen molar-refractivity contribution >= 4 is 21.6 Å². The monoisotopic (exact) mass is 346 g/mol. The van der Waals surface area contributed by atoms with Crippen LogP contribution in [0.4, 0.5) is 5.69 Å². The highest BCUT2D eigenvalue weighted by Gasteiger charge is 2.16. The number of rotatable bonds is 3. The maximum atomic E-state index is 11.0. The summed E-state index contributed by atoms with van der Waals surface area (Å²) in [5, 5.41) is 20.2. The Morgan fingerprint density at radius 1 is 1.24 bits per heavy atom. The molecule has 2 rings (SSSR count). The normalized spacial score (nSPS) is 10.0. The zero-order valence-corrected chi connectivity index (χ0v) is 13.0. The van der Waals surface area contributed by atoms with Gasteiger partial charge >= 0.3 is 0 Å². The molecule has 0 heterocycles. The number of nitriles is 1. The van der Waals surface area contributed by atoms with Gasteiger partial charge < -0.3 is 4.74 Å². The van der Waals surface area contributed by atoms with E-state index in [1.807, 2.05) is 6.07 Å². The molecule has 0 unspecified atom stereocenters. The summed E-state index contributed by atoms with van der Waals surface area (Å²) in [7, 11) is 0. The second kappa shape index (κ2) is 5.94. The van der Waals surface area contributed by atoms with Crippen molar-refractivity contribution in [3.8, 4) is 17.6 Å². The maximum absolute atomic E-state index is 11.0. The first kappa shape index (κ1) is 15.0. The van der Waals surface area contributed by atoms with E-state index in [0.29, 0.717) is 27.1 Å². The summed E-state index contributed by atoms with van der Waals surface area (Å²) >= 11 is 3.28. The van der Waals surface area contributed by atoms with Crippen molar-refractivity contribution in [2.45, 2.75) is 13.8 Å². The first-order chi connectivity index (χ1) is 9.93. The van der Waals surface area contributed by atoms with E-state index in [1.54, 1.807) is 38.1 Å². The van der Waals surface area contributed by atoms with Crippen LogP contribution >= 0.6 is 15.9 Å². The molecule has 0 spiro atoms. The molecule has 0 N–H and O–H groups in total. The van der Waals surface area contributed by atoms with Gasteiger partial charge in [-0.05, 0) is 53.5 Å². The zero-order valence-electron chi connectivity index (χ0n) is 11.4. The number of halogens is 1. The topological polar surface area (TPSA) is 76.2 Å². The van der Waals surface area contributed by atoms with Crippen LogP contribution in [0.15, 0.2) is 34.8 Å². The van der Waals surface area contributed by atoms with Gasteiger partial charge in [0.05, 0.1) is 11.0 Å². The van der Waals surface area contributed by atoms with Crippen molar-refractivity contribution in [2.24, 2.45) is 0 Å². The number of ether oxygens (including phenoxy) is 1. The van der Waals surface area contributed by atoms with Crippen LogP contribution in [0.25, 0.3) is 0 Å². The van der Waals surface area contributed by atoms with Gasteiger partial charge in [0.1, 0.15) is 23.1 Å². The summed E-state index contributed by atoms with van der Waals surface area (Å²) in [6.45, 7) is 3.48. The molecule has 6 heteroatoms. The van der Waals surface area contributed by atoms with Gasteiger partial charge in [0.15, 0.2) is 0 Å². The predicted octanol–water partition coefficient (Wildman–Crippen LogP) is 4.64. The Bertz CT molecular complexity index is 766. The molecule has 0 aliphatic carbocycles. The van der Waals surface area contributed by atoms with Crippen LogP contribution in [0.3, 0.4) is 0 Å². The van der Waals surface area contributed by atoms with E-state index < -0.39 is 4.92 Å². The molecule has 21 heavy (non-hydrogen) atoms. The molecule has 2 aromatic rings. The number of hydrogen-bond acceptors (Lipinski definition) is 4. The third-order valence-electron chi connectivity index (χ3n) is 3.00. The average Bonchev–Trinajstić information content (AvgIpc) is 2.41. The maximum Gasteiger partial charge on any atom is 0.276 e. The lowest BCUT2D eigenvalue weighted by atomic mass is 10.1. The zero-order chi connectivity index (χ0) is 15.6. The van der Waals surface area contributed by atoms with Gasteiger partial charge in [0, 0.05) is 10.0 Å². The molecule has 0 radical (unpaired) electrons. The van der Waals surface area contributed by atoms with Crippen molar-refractivity contribution < 1.29 is 9.66 Å². The van der Waals surface area contributed by atoms with E-state index >= 15 is 0 Å². The number of nitro groups is 1. The highest BCUT2D eigenvalue weighted by Crippen LogP contribution is 2.34. The predicted molar refractivity (Wildman–Crippen MR) is 81.5 cm³/mol. The second-order valence-electron chi connectivity index (χ2n) is 4.49. The van der Waals surface area contributed by atoms with E-state index in [1.165, 1.54) is 6.07 Å². The molecule has 0 aromatic heterocycles. The molecule has 0 aliphatic heterocycles. The minimum absolute atomic E-state index is 0.0101. The van der Waals surface area contributed by atoms with Crippen LogP contribution in [0.5, 0.6) is 11.5 Å². The van der Waals surface area contributed by atoms with Gasteiger partial charge in [-0.2, -0.15) is 5.26 Å². The Labute approximate surface area is 130 Å². The van der Waals surface area contributed by atoms with E-state index in [9.17, 15) is 10.1 Å².